The minimum Gasteiger partial charge on any atom is -0.143 e. The van der Waals surface area contributed by atoms with E-state index in [1.807, 2.05) is 11.3 Å². The summed E-state index contributed by atoms with van der Waals surface area (Å²) in [4.78, 5) is 0. The molecule has 2 rings (SSSR count). The van der Waals surface area contributed by atoms with Gasteiger partial charge in [-0.25, -0.2) is 0 Å². The van der Waals surface area contributed by atoms with Crippen molar-refractivity contribution in [2.45, 2.75) is 19.2 Å². The van der Waals surface area contributed by atoms with Crippen LogP contribution in [-0.4, -0.2) is 0 Å². The van der Waals surface area contributed by atoms with Crippen LogP contribution in [0.5, 0.6) is 0 Å². The van der Waals surface area contributed by atoms with Gasteiger partial charge in [-0.2, -0.15) is 0 Å². The molecule has 0 N–H and O–H groups in total. The highest BCUT2D eigenvalue weighted by Gasteiger charge is 2.09. The third-order valence-corrected chi connectivity index (χ3v) is 4.87. The molecule has 0 radical (unpaired) electrons. The molecule has 0 spiro atoms. The van der Waals surface area contributed by atoms with Crippen LogP contribution in [0, 0.1) is 3.57 Å². The summed E-state index contributed by atoms with van der Waals surface area (Å²) in [7, 11) is 0. The summed E-state index contributed by atoms with van der Waals surface area (Å²) in [5.74, 6) is 0.604. The second-order valence-corrected chi connectivity index (χ2v) is 5.42. The zero-order valence-electron chi connectivity index (χ0n) is 7.81. The summed E-state index contributed by atoms with van der Waals surface area (Å²) in [6.45, 7) is 2.20. The lowest BCUT2D eigenvalue weighted by molar-refractivity contribution is 1.17. The van der Waals surface area contributed by atoms with Gasteiger partial charge in [-0.3, -0.25) is 0 Å². The van der Waals surface area contributed by atoms with Crippen molar-refractivity contribution in [1.82, 2.24) is 0 Å². The molecule has 0 amide bonds. The molecule has 14 heavy (non-hydrogen) atoms. The van der Waals surface area contributed by atoms with E-state index in [9.17, 15) is 0 Å². The molecule has 1 aromatic heterocycles. The third kappa shape index (κ3) is 1.68. The van der Waals surface area contributed by atoms with Crippen LogP contribution in [0.4, 0.5) is 0 Å². The SMILES string of the molecule is CCc1csc2ccc(CCl)c(I)c12. The molecular formula is C11H10ClIS. The summed E-state index contributed by atoms with van der Waals surface area (Å²) < 4.78 is 2.70. The van der Waals surface area contributed by atoms with Crippen LogP contribution in [-0.2, 0) is 12.3 Å². The standard InChI is InChI=1S/C11H10ClIS/c1-2-7-6-14-9-4-3-8(5-12)11(13)10(7)9/h3-4,6H,2,5H2,1H3. The van der Waals surface area contributed by atoms with Gasteiger partial charge < -0.3 is 0 Å². The Labute approximate surface area is 106 Å². The Bertz CT molecular complexity index is 462. The Morgan fingerprint density at radius 3 is 2.79 bits per heavy atom. The van der Waals surface area contributed by atoms with Gasteiger partial charge in [0.2, 0.25) is 0 Å². The van der Waals surface area contributed by atoms with Crippen LogP contribution >= 0.6 is 45.5 Å². The van der Waals surface area contributed by atoms with Gasteiger partial charge in [-0.1, -0.05) is 13.0 Å². The molecule has 1 heterocycles. The lowest BCUT2D eigenvalue weighted by Crippen LogP contribution is -1.87. The van der Waals surface area contributed by atoms with Crippen LogP contribution in [0.3, 0.4) is 0 Å². The summed E-state index contributed by atoms with van der Waals surface area (Å²) in [6, 6.07) is 4.31. The first kappa shape index (κ1) is 10.7. The highest BCUT2D eigenvalue weighted by Crippen LogP contribution is 2.33. The third-order valence-electron chi connectivity index (χ3n) is 2.36. The van der Waals surface area contributed by atoms with E-state index in [1.54, 1.807) is 0 Å². The average Bonchev–Trinajstić information content (AvgIpc) is 2.62. The minimum atomic E-state index is 0.604. The molecule has 0 nitrogen and oxygen atoms in total. The number of aryl methyl sites for hydroxylation is 1. The number of thiophene rings is 1. The Kier molecular flexibility index (Phi) is 3.34. The van der Waals surface area contributed by atoms with Gasteiger partial charge in [-0.15, -0.1) is 22.9 Å². The maximum Gasteiger partial charge on any atom is 0.0484 e. The second-order valence-electron chi connectivity index (χ2n) is 3.16. The number of rotatable bonds is 2. The van der Waals surface area contributed by atoms with E-state index >= 15 is 0 Å². The Balaban J connectivity index is 2.77. The molecule has 0 unspecified atom stereocenters. The minimum absolute atomic E-state index is 0.604. The van der Waals surface area contributed by atoms with Crippen molar-refractivity contribution < 1.29 is 0 Å². The average molecular weight is 337 g/mol. The van der Waals surface area contributed by atoms with Crippen molar-refractivity contribution >= 4 is 55.6 Å². The molecule has 0 atom stereocenters. The van der Waals surface area contributed by atoms with Crippen molar-refractivity contribution in [2.75, 3.05) is 0 Å². The van der Waals surface area contributed by atoms with Crippen molar-refractivity contribution in [1.29, 1.82) is 0 Å². The number of hydrogen-bond donors (Lipinski definition) is 0. The monoisotopic (exact) mass is 336 g/mol. The molecule has 2 aromatic rings. The van der Waals surface area contributed by atoms with E-state index in [-0.39, 0.29) is 0 Å². The van der Waals surface area contributed by atoms with Gasteiger partial charge in [0, 0.05) is 19.5 Å². The summed E-state index contributed by atoms with van der Waals surface area (Å²) >= 11 is 10.1. The van der Waals surface area contributed by atoms with Gasteiger partial charge in [0.25, 0.3) is 0 Å². The van der Waals surface area contributed by atoms with Gasteiger partial charge in [0.1, 0.15) is 0 Å². The quantitative estimate of drug-likeness (QED) is 0.545. The number of benzene rings is 1. The van der Waals surface area contributed by atoms with Crippen LogP contribution in [0.1, 0.15) is 18.1 Å². The molecule has 0 fully saturated rings. The zero-order chi connectivity index (χ0) is 10.1. The number of fused-ring (bicyclic) bond motifs is 1. The summed E-state index contributed by atoms with van der Waals surface area (Å²) in [5, 5.41) is 3.67. The molecular weight excluding hydrogens is 327 g/mol. The predicted octanol–water partition coefficient (Wildman–Crippen LogP) is 4.81. The first-order chi connectivity index (χ1) is 6.77. The fraction of sp³-hybridized carbons (Fsp3) is 0.273. The van der Waals surface area contributed by atoms with Crippen LogP contribution in [0.15, 0.2) is 17.5 Å². The normalized spacial score (nSPS) is 11.1. The van der Waals surface area contributed by atoms with Gasteiger partial charge >= 0.3 is 0 Å². The molecule has 0 saturated heterocycles. The maximum absolute atomic E-state index is 5.89. The Morgan fingerprint density at radius 1 is 1.36 bits per heavy atom. The molecule has 0 aliphatic carbocycles. The number of halogens is 2. The van der Waals surface area contributed by atoms with Crippen molar-refractivity contribution in [3.63, 3.8) is 0 Å². The first-order valence-corrected chi connectivity index (χ1v) is 7.00. The maximum atomic E-state index is 5.89. The van der Waals surface area contributed by atoms with Crippen LogP contribution in [0.2, 0.25) is 0 Å². The molecule has 3 heteroatoms. The smallest absolute Gasteiger partial charge is 0.0484 e. The largest absolute Gasteiger partial charge is 0.143 e. The Hall–Kier alpha value is 0.200. The van der Waals surface area contributed by atoms with Crippen molar-refractivity contribution in [3.05, 3.63) is 32.2 Å². The van der Waals surface area contributed by atoms with Crippen molar-refractivity contribution in [2.24, 2.45) is 0 Å². The zero-order valence-corrected chi connectivity index (χ0v) is 11.5. The van der Waals surface area contributed by atoms with Gasteiger partial charge in [0.15, 0.2) is 0 Å². The second kappa shape index (κ2) is 4.37. The fourth-order valence-electron chi connectivity index (χ4n) is 1.56. The first-order valence-electron chi connectivity index (χ1n) is 4.51. The highest BCUT2D eigenvalue weighted by atomic mass is 127. The number of hydrogen-bond acceptors (Lipinski definition) is 1. The predicted molar refractivity (Wildman–Crippen MR) is 73.5 cm³/mol. The van der Waals surface area contributed by atoms with E-state index in [0.717, 1.165) is 6.42 Å². The van der Waals surface area contributed by atoms with E-state index in [2.05, 4.69) is 47.0 Å². The lowest BCUT2D eigenvalue weighted by Gasteiger charge is -2.03. The van der Waals surface area contributed by atoms with Crippen LogP contribution in [0.25, 0.3) is 10.1 Å². The molecule has 0 aliphatic rings. The van der Waals surface area contributed by atoms with Crippen molar-refractivity contribution in [3.8, 4) is 0 Å². The number of alkyl halides is 1. The molecule has 74 valence electrons. The lowest BCUT2D eigenvalue weighted by atomic mass is 10.1. The van der Waals surface area contributed by atoms with Crippen LogP contribution < -0.4 is 0 Å². The molecule has 0 saturated carbocycles. The topological polar surface area (TPSA) is 0 Å². The van der Waals surface area contributed by atoms with E-state index < -0.39 is 0 Å². The van der Waals surface area contributed by atoms with E-state index in [4.69, 9.17) is 11.6 Å². The Morgan fingerprint density at radius 2 is 2.14 bits per heavy atom. The molecule has 1 aromatic carbocycles. The fourth-order valence-corrected chi connectivity index (χ4v) is 4.25. The van der Waals surface area contributed by atoms with E-state index in [1.165, 1.54) is 24.8 Å². The summed E-state index contributed by atoms with van der Waals surface area (Å²) in [5.41, 5.74) is 2.69. The summed E-state index contributed by atoms with van der Waals surface area (Å²) in [6.07, 6.45) is 1.10. The molecule has 0 aliphatic heterocycles. The van der Waals surface area contributed by atoms with Gasteiger partial charge in [-0.05, 0) is 51.6 Å². The highest BCUT2D eigenvalue weighted by molar-refractivity contribution is 14.1. The van der Waals surface area contributed by atoms with E-state index in [0.29, 0.717) is 5.88 Å². The molecule has 0 bridgehead atoms. The van der Waals surface area contributed by atoms with Gasteiger partial charge in [0.05, 0.1) is 0 Å².